The molecule has 4 heteroatoms. The molecule has 96 valence electrons. The Balaban J connectivity index is 2.62. The fourth-order valence-corrected chi connectivity index (χ4v) is 2.02. The number of fused-ring (bicyclic) bond motifs is 1. The molecule has 0 atom stereocenters. The Kier molecular flexibility index (Phi) is 3.76. The zero-order chi connectivity index (χ0) is 14.0. The summed E-state index contributed by atoms with van der Waals surface area (Å²) in [4.78, 5) is 27.1. The molecule has 0 N–H and O–H groups in total. The first-order chi connectivity index (χ1) is 8.99. The third kappa shape index (κ3) is 2.88. The summed E-state index contributed by atoms with van der Waals surface area (Å²) in [7, 11) is 0. The van der Waals surface area contributed by atoms with Crippen LogP contribution in [0.15, 0.2) is 35.9 Å². The number of hydrogen-bond donors (Lipinski definition) is 0. The van der Waals surface area contributed by atoms with Crippen molar-refractivity contribution in [3.8, 4) is 0 Å². The molecule has 2 rings (SSSR count). The molecule has 0 aliphatic rings. The molecule has 3 nitrogen and oxygen atoms in total. The van der Waals surface area contributed by atoms with Gasteiger partial charge in [0.2, 0.25) is 0 Å². The van der Waals surface area contributed by atoms with Gasteiger partial charge < -0.3 is 0 Å². The zero-order valence-corrected chi connectivity index (χ0v) is 11.4. The molecule has 0 aliphatic carbocycles. The second-order valence-corrected chi connectivity index (χ2v) is 4.59. The minimum Gasteiger partial charge on any atom is -0.294 e. The SMILES string of the molecule is CC(=O)C(=Cc1cc2ccccc2nc1Cl)C(C)=O. The molecular weight excluding hydrogens is 262 g/mol. The summed E-state index contributed by atoms with van der Waals surface area (Å²) in [5.41, 5.74) is 1.47. The number of aromatic nitrogens is 1. The van der Waals surface area contributed by atoms with E-state index in [9.17, 15) is 9.59 Å². The Bertz CT molecular complexity index is 688. The Labute approximate surface area is 115 Å². The van der Waals surface area contributed by atoms with Gasteiger partial charge in [-0.15, -0.1) is 0 Å². The van der Waals surface area contributed by atoms with Crippen LogP contribution in [0.1, 0.15) is 19.4 Å². The van der Waals surface area contributed by atoms with Gasteiger partial charge >= 0.3 is 0 Å². The van der Waals surface area contributed by atoms with Crippen LogP contribution < -0.4 is 0 Å². The lowest BCUT2D eigenvalue weighted by Gasteiger charge is -2.04. The number of Topliss-reactive ketones (excluding diaryl/α,β-unsaturated/α-hetero) is 2. The van der Waals surface area contributed by atoms with E-state index < -0.39 is 0 Å². The number of pyridine rings is 1. The minimum atomic E-state index is -0.281. The summed E-state index contributed by atoms with van der Waals surface area (Å²) in [5, 5.41) is 1.18. The quantitative estimate of drug-likeness (QED) is 0.372. The van der Waals surface area contributed by atoms with Crippen molar-refractivity contribution in [3.05, 3.63) is 46.6 Å². The van der Waals surface area contributed by atoms with Gasteiger partial charge in [0.25, 0.3) is 0 Å². The number of rotatable bonds is 3. The summed E-state index contributed by atoms with van der Waals surface area (Å²) < 4.78 is 0. The van der Waals surface area contributed by atoms with Gasteiger partial charge in [-0.25, -0.2) is 4.98 Å². The van der Waals surface area contributed by atoms with Crippen molar-refractivity contribution in [1.29, 1.82) is 0 Å². The largest absolute Gasteiger partial charge is 0.294 e. The van der Waals surface area contributed by atoms with E-state index in [-0.39, 0.29) is 22.3 Å². The van der Waals surface area contributed by atoms with Crippen molar-refractivity contribution in [2.75, 3.05) is 0 Å². The topological polar surface area (TPSA) is 47.0 Å². The predicted molar refractivity (Wildman–Crippen MR) is 76.1 cm³/mol. The molecule has 19 heavy (non-hydrogen) atoms. The number of para-hydroxylation sites is 1. The van der Waals surface area contributed by atoms with Crippen LogP contribution in [0.3, 0.4) is 0 Å². The second-order valence-electron chi connectivity index (χ2n) is 4.23. The van der Waals surface area contributed by atoms with E-state index in [0.717, 1.165) is 10.9 Å². The van der Waals surface area contributed by atoms with Crippen LogP contribution in [0.4, 0.5) is 0 Å². The van der Waals surface area contributed by atoms with Crippen molar-refractivity contribution in [3.63, 3.8) is 0 Å². The van der Waals surface area contributed by atoms with Gasteiger partial charge in [-0.3, -0.25) is 9.59 Å². The fraction of sp³-hybridized carbons (Fsp3) is 0.133. The summed E-state index contributed by atoms with van der Waals surface area (Å²) in [5.74, 6) is -0.562. The molecule has 0 saturated heterocycles. The molecule has 0 spiro atoms. The number of halogens is 1. The van der Waals surface area contributed by atoms with Gasteiger partial charge in [0.05, 0.1) is 11.1 Å². The lowest BCUT2D eigenvalue weighted by molar-refractivity contribution is -0.119. The standard InChI is InChI=1S/C15H12ClNO2/c1-9(18)13(10(2)19)8-12-7-11-5-3-4-6-14(11)17-15(12)16/h3-8H,1-2H3. The Morgan fingerprint density at radius 1 is 1.16 bits per heavy atom. The van der Waals surface area contributed by atoms with Crippen LogP contribution in [0.5, 0.6) is 0 Å². The number of carbonyl (C=O) groups excluding carboxylic acids is 2. The van der Waals surface area contributed by atoms with Gasteiger partial charge in [-0.1, -0.05) is 29.8 Å². The maximum absolute atomic E-state index is 11.4. The van der Waals surface area contributed by atoms with Gasteiger partial charge in [0, 0.05) is 10.9 Å². The predicted octanol–water partition coefficient (Wildman–Crippen LogP) is 3.45. The van der Waals surface area contributed by atoms with Crippen LogP contribution >= 0.6 is 11.6 Å². The Morgan fingerprint density at radius 2 is 1.79 bits per heavy atom. The highest BCUT2D eigenvalue weighted by Gasteiger charge is 2.11. The molecule has 0 amide bonds. The second kappa shape index (κ2) is 5.33. The van der Waals surface area contributed by atoms with Gasteiger partial charge in [-0.2, -0.15) is 0 Å². The van der Waals surface area contributed by atoms with Crippen LogP contribution in [0, 0.1) is 0 Å². The molecule has 0 bridgehead atoms. The molecule has 0 aliphatic heterocycles. The zero-order valence-electron chi connectivity index (χ0n) is 10.6. The molecule has 0 saturated carbocycles. The van der Waals surface area contributed by atoms with E-state index >= 15 is 0 Å². The lowest BCUT2D eigenvalue weighted by atomic mass is 10.0. The first-order valence-corrected chi connectivity index (χ1v) is 6.15. The molecule has 0 unspecified atom stereocenters. The average Bonchev–Trinajstić information content (AvgIpc) is 2.35. The third-order valence-corrected chi connectivity index (χ3v) is 3.07. The number of allylic oxidation sites excluding steroid dienone is 1. The molecule has 1 heterocycles. The molecule has 2 aromatic rings. The summed E-state index contributed by atoms with van der Waals surface area (Å²) >= 11 is 6.08. The van der Waals surface area contributed by atoms with Crippen molar-refractivity contribution in [2.24, 2.45) is 0 Å². The van der Waals surface area contributed by atoms with Crippen molar-refractivity contribution in [2.45, 2.75) is 13.8 Å². The molecule has 1 aromatic heterocycles. The molecular formula is C15H12ClNO2. The highest BCUT2D eigenvalue weighted by atomic mass is 35.5. The smallest absolute Gasteiger partial charge is 0.163 e. The normalized spacial score (nSPS) is 10.3. The molecule has 0 radical (unpaired) electrons. The van der Waals surface area contributed by atoms with Crippen LogP contribution in [0.2, 0.25) is 5.15 Å². The highest BCUT2D eigenvalue weighted by molar-refractivity contribution is 6.32. The fourth-order valence-electron chi connectivity index (χ4n) is 1.82. The minimum absolute atomic E-state index is 0.124. The average molecular weight is 274 g/mol. The number of benzene rings is 1. The van der Waals surface area contributed by atoms with Crippen LogP contribution in [-0.2, 0) is 9.59 Å². The summed E-state index contributed by atoms with van der Waals surface area (Å²) in [6.07, 6.45) is 1.49. The number of ketones is 2. The first-order valence-electron chi connectivity index (χ1n) is 5.78. The number of nitrogens with zero attached hydrogens (tertiary/aromatic N) is 1. The van der Waals surface area contributed by atoms with Crippen LogP contribution in [-0.4, -0.2) is 16.6 Å². The van der Waals surface area contributed by atoms with E-state index in [1.54, 1.807) is 0 Å². The van der Waals surface area contributed by atoms with Gasteiger partial charge in [0.15, 0.2) is 11.6 Å². The van der Waals surface area contributed by atoms with E-state index in [0.29, 0.717) is 5.56 Å². The number of hydrogen-bond acceptors (Lipinski definition) is 3. The lowest BCUT2D eigenvalue weighted by Crippen LogP contribution is -2.05. The third-order valence-electron chi connectivity index (χ3n) is 2.76. The highest BCUT2D eigenvalue weighted by Crippen LogP contribution is 2.23. The molecule has 0 fully saturated rings. The summed E-state index contributed by atoms with van der Waals surface area (Å²) in [6, 6.07) is 9.33. The first kappa shape index (κ1) is 13.4. The monoisotopic (exact) mass is 273 g/mol. The van der Waals surface area contributed by atoms with Crippen molar-refractivity contribution >= 4 is 40.1 Å². The van der Waals surface area contributed by atoms with Crippen LogP contribution in [0.25, 0.3) is 17.0 Å². The Morgan fingerprint density at radius 3 is 2.42 bits per heavy atom. The van der Waals surface area contributed by atoms with Crippen molar-refractivity contribution < 1.29 is 9.59 Å². The van der Waals surface area contributed by atoms with E-state index in [1.165, 1.54) is 19.9 Å². The maximum atomic E-state index is 11.4. The van der Waals surface area contributed by atoms with E-state index in [4.69, 9.17) is 11.6 Å². The maximum Gasteiger partial charge on any atom is 0.163 e. The van der Waals surface area contributed by atoms with Crippen molar-refractivity contribution in [1.82, 2.24) is 4.98 Å². The van der Waals surface area contributed by atoms with Gasteiger partial charge in [0.1, 0.15) is 5.15 Å². The van der Waals surface area contributed by atoms with E-state index in [2.05, 4.69) is 4.98 Å². The van der Waals surface area contributed by atoms with Gasteiger partial charge in [-0.05, 0) is 32.1 Å². The Hall–Kier alpha value is -2.00. The number of carbonyl (C=O) groups is 2. The molecule has 1 aromatic carbocycles. The summed E-state index contributed by atoms with van der Waals surface area (Å²) in [6.45, 7) is 2.71. The van der Waals surface area contributed by atoms with E-state index in [1.807, 2.05) is 30.3 Å².